The van der Waals surface area contributed by atoms with Gasteiger partial charge >= 0.3 is 0 Å². The van der Waals surface area contributed by atoms with Crippen LogP contribution in [0.3, 0.4) is 0 Å². The standard InChI is InChI=1S/C22H20ClN3O/c1-15-20(23)7-4-8-21(15)25-22(27)18-11-19(13-24-12-18)26-10-9-16-5-2-3-6-17(16)14-26/h2-8,11-13H,9-10,14H2,1H3,(H,25,27). The van der Waals surface area contributed by atoms with Crippen LogP contribution in [0.15, 0.2) is 60.9 Å². The van der Waals surface area contributed by atoms with E-state index in [0.29, 0.717) is 16.3 Å². The first kappa shape index (κ1) is 17.6. The van der Waals surface area contributed by atoms with Crippen LogP contribution in [-0.2, 0) is 13.0 Å². The SMILES string of the molecule is Cc1c(Cl)cccc1NC(=O)c1cncc(N2CCc3ccccc3C2)c1. The van der Waals surface area contributed by atoms with Gasteiger partial charge in [0.1, 0.15) is 0 Å². The van der Waals surface area contributed by atoms with E-state index in [4.69, 9.17) is 11.6 Å². The van der Waals surface area contributed by atoms with Crippen LogP contribution in [0.2, 0.25) is 5.02 Å². The number of amides is 1. The monoisotopic (exact) mass is 377 g/mol. The van der Waals surface area contributed by atoms with E-state index in [-0.39, 0.29) is 5.91 Å². The van der Waals surface area contributed by atoms with Gasteiger partial charge in [-0.1, -0.05) is 41.9 Å². The lowest BCUT2D eigenvalue weighted by atomic mass is 9.99. The molecular weight excluding hydrogens is 358 g/mol. The molecule has 0 bridgehead atoms. The Morgan fingerprint density at radius 1 is 1.11 bits per heavy atom. The van der Waals surface area contributed by atoms with Gasteiger partial charge in [0.15, 0.2) is 0 Å². The van der Waals surface area contributed by atoms with Crippen molar-refractivity contribution in [1.29, 1.82) is 0 Å². The molecule has 0 radical (unpaired) electrons. The van der Waals surface area contributed by atoms with Crippen molar-refractivity contribution in [2.75, 3.05) is 16.8 Å². The van der Waals surface area contributed by atoms with Gasteiger partial charge in [-0.2, -0.15) is 0 Å². The van der Waals surface area contributed by atoms with Crippen LogP contribution in [0.25, 0.3) is 0 Å². The maximum Gasteiger partial charge on any atom is 0.257 e. The maximum atomic E-state index is 12.7. The normalized spacial score (nSPS) is 13.2. The van der Waals surface area contributed by atoms with Crippen molar-refractivity contribution < 1.29 is 4.79 Å². The Balaban J connectivity index is 1.54. The second-order valence-electron chi connectivity index (χ2n) is 6.74. The Morgan fingerprint density at radius 2 is 1.93 bits per heavy atom. The zero-order valence-electron chi connectivity index (χ0n) is 15.1. The molecule has 1 N–H and O–H groups in total. The average molecular weight is 378 g/mol. The minimum Gasteiger partial charge on any atom is -0.366 e. The first-order chi connectivity index (χ1) is 13.1. The average Bonchev–Trinajstić information content (AvgIpc) is 2.71. The molecule has 0 saturated carbocycles. The number of carbonyl (C=O) groups is 1. The molecule has 3 aromatic rings. The molecule has 0 fully saturated rings. The molecular formula is C22H20ClN3O. The first-order valence-electron chi connectivity index (χ1n) is 8.95. The Labute approximate surface area is 163 Å². The molecule has 4 nitrogen and oxygen atoms in total. The van der Waals surface area contributed by atoms with E-state index in [2.05, 4.69) is 39.5 Å². The van der Waals surface area contributed by atoms with E-state index >= 15 is 0 Å². The van der Waals surface area contributed by atoms with E-state index in [1.54, 1.807) is 6.20 Å². The summed E-state index contributed by atoms with van der Waals surface area (Å²) in [6, 6.07) is 15.9. The van der Waals surface area contributed by atoms with Crippen LogP contribution >= 0.6 is 11.6 Å². The Kier molecular flexibility index (Phi) is 4.82. The summed E-state index contributed by atoms with van der Waals surface area (Å²) in [5.74, 6) is -0.188. The zero-order valence-corrected chi connectivity index (χ0v) is 15.8. The molecule has 1 aromatic heterocycles. The van der Waals surface area contributed by atoms with Crippen molar-refractivity contribution in [1.82, 2.24) is 4.98 Å². The fourth-order valence-corrected chi connectivity index (χ4v) is 3.55. The Hall–Kier alpha value is -2.85. The molecule has 2 heterocycles. The van der Waals surface area contributed by atoms with Gasteiger partial charge in [-0.15, -0.1) is 0 Å². The predicted octanol–water partition coefficient (Wildman–Crippen LogP) is 4.86. The van der Waals surface area contributed by atoms with Crippen LogP contribution in [-0.4, -0.2) is 17.4 Å². The van der Waals surface area contributed by atoms with Crippen molar-refractivity contribution in [2.24, 2.45) is 0 Å². The van der Waals surface area contributed by atoms with E-state index < -0.39 is 0 Å². The largest absolute Gasteiger partial charge is 0.366 e. The molecule has 4 rings (SSSR count). The highest BCUT2D eigenvalue weighted by molar-refractivity contribution is 6.31. The number of benzene rings is 2. The van der Waals surface area contributed by atoms with Crippen LogP contribution in [0.1, 0.15) is 27.0 Å². The van der Waals surface area contributed by atoms with E-state index in [0.717, 1.165) is 30.8 Å². The van der Waals surface area contributed by atoms with Gasteiger partial charge in [-0.3, -0.25) is 9.78 Å². The summed E-state index contributed by atoms with van der Waals surface area (Å²) >= 11 is 6.14. The van der Waals surface area contributed by atoms with Crippen molar-refractivity contribution in [3.8, 4) is 0 Å². The van der Waals surface area contributed by atoms with Crippen LogP contribution in [0, 0.1) is 6.92 Å². The van der Waals surface area contributed by atoms with E-state index in [1.165, 1.54) is 11.1 Å². The smallest absolute Gasteiger partial charge is 0.257 e. The fourth-order valence-electron chi connectivity index (χ4n) is 3.38. The van der Waals surface area contributed by atoms with Gasteiger partial charge < -0.3 is 10.2 Å². The molecule has 1 amide bonds. The van der Waals surface area contributed by atoms with Gasteiger partial charge in [0.05, 0.1) is 17.4 Å². The fraction of sp³-hybridized carbons (Fsp3) is 0.182. The summed E-state index contributed by atoms with van der Waals surface area (Å²) in [6.45, 7) is 3.63. The van der Waals surface area contributed by atoms with Crippen molar-refractivity contribution in [3.63, 3.8) is 0 Å². The lowest BCUT2D eigenvalue weighted by Gasteiger charge is -2.30. The number of anilines is 2. The first-order valence-corrected chi connectivity index (χ1v) is 9.33. The van der Waals surface area contributed by atoms with Crippen molar-refractivity contribution >= 4 is 28.9 Å². The highest BCUT2D eigenvalue weighted by atomic mass is 35.5. The minimum atomic E-state index is -0.188. The number of rotatable bonds is 3. The predicted molar refractivity (Wildman–Crippen MR) is 110 cm³/mol. The van der Waals surface area contributed by atoms with Crippen molar-refractivity contribution in [3.05, 3.63) is 88.2 Å². The highest BCUT2D eigenvalue weighted by Gasteiger charge is 2.18. The molecule has 1 aliphatic heterocycles. The summed E-state index contributed by atoms with van der Waals surface area (Å²) in [6.07, 6.45) is 4.40. The lowest BCUT2D eigenvalue weighted by Crippen LogP contribution is -2.30. The topological polar surface area (TPSA) is 45.2 Å². The molecule has 0 saturated heterocycles. The molecule has 0 atom stereocenters. The third kappa shape index (κ3) is 3.67. The summed E-state index contributed by atoms with van der Waals surface area (Å²) < 4.78 is 0. The molecule has 0 aliphatic carbocycles. The zero-order chi connectivity index (χ0) is 18.8. The number of hydrogen-bond donors (Lipinski definition) is 1. The van der Waals surface area contributed by atoms with Gasteiger partial charge in [0, 0.05) is 30.0 Å². The Morgan fingerprint density at radius 3 is 2.78 bits per heavy atom. The number of hydrogen-bond acceptors (Lipinski definition) is 3. The molecule has 0 unspecified atom stereocenters. The van der Waals surface area contributed by atoms with Crippen LogP contribution < -0.4 is 10.2 Å². The van der Waals surface area contributed by atoms with Gasteiger partial charge in [0.25, 0.3) is 5.91 Å². The quantitative estimate of drug-likeness (QED) is 0.709. The lowest BCUT2D eigenvalue weighted by molar-refractivity contribution is 0.102. The summed E-state index contributed by atoms with van der Waals surface area (Å²) in [5, 5.41) is 3.56. The molecule has 2 aromatic carbocycles. The number of carbonyl (C=O) groups excluding carboxylic acids is 1. The molecule has 27 heavy (non-hydrogen) atoms. The second-order valence-corrected chi connectivity index (χ2v) is 7.15. The van der Waals surface area contributed by atoms with Crippen molar-refractivity contribution in [2.45, 2.75) is 19.9 Å². The highest BCUT2D eigenvalue weighted by Crippen LogP contribution is 2.26. The van der Waals surface area contributed by atoms with E-state index in [9.17, 15) is 4.79 Å². The third-order valence-corrected chi connectivity index (χ3v) is 5.41. The molecule has 136 valence electrons. The van der Waals surface area contributed by atoms with Crippen LogP contribution in [0.4, 0.5) is 11.4 Å². The minimum absolute atomic E-state index is 0.188. The maximum absolute atomic E-state index is 12.7. The number of halogens is 1. The number of aromatic nitrogens is 1. The molecule has 0 spiro atoms. The summed E-state index contributed by atoms with van der Waals surface area (Å²) in [5.41, 5.74) is 5.78. The number of nitrogens with zero attached hydrogens (tertiary/aromatic N) is 2. The van der Waals surface area contributed by atoms with Gasteiger partial charge in [0.2, 0.25) is 0 Å². The van der Waals surface area contributed by atoms with Gasteiger partial charge in [-0.25, -0.2) is 0 Å². The number of fused-ring (bicyclic) bond motifs is 1. The molecule has 5 heteroatoms. The van der Waals surface area contributed by atoms with Gasteiger partial charge in [-0.05, 0) is 48.2 Å². The number of nitrogens with one attached hydrogen (secondary N) is 1. The number of pyridine rings is 1. The summed E-state index contributed by atoms with van der Waals surface area (Å²) in [7, 11) is 0. The van der Waals surface area contributed by atoms with E-state index in [1.807, 2.05) is 37.4 Å². The third-order valence-electron chi connectivity index (χ3n) is 5.00. The second kappa shape index (κ2) is 7.41. The van der Waals surface area contributed by atoms with Crippen LogP contribution in [0.5, 0.6) is 0 Å². The summed E-state index contributed by atoms with van der Waals surface area (Å²) in [4.78, 5) is 19.2. The Bertz CT molecular complexity index is 1000. The molecule has 1 aliphatic rings.